The molecule has 0 unspecified atom stereocenters. The molecule has 0 aliphatic heterocycles. The molecule has 6 aromatic rings. The third-order valence-corrected chi connectivity index (χ3v) is 8.75. The molecule has 3 heterocycles. The van der Waals surface area contributed by atoms with Crippen LogP contribution in [-0.4, -0.2) is 18.0 Å². The average molecular weight is 723 g/mol. The second-order valence-corrected chi connectivity index (χ2v) is 16.0. The maximum absolute atomic E-state index is 14.3. The van der Waals surface area contributed by atoms with Gasteiger partial charge in [0.1, 0.15) is 5.58 Å². The maximum atomic E-state index is 14.3. The zero-order valence-corrected chi connectivity index (χ0v) is 26.6. The fourth-order valence-electron chi connectivity index (χ4n) is 4.41. The van der Waals surface area contributed by atoms with E-state index in [0.29, 0.717) is 28.0 Å². The van der Waals surface area contributed by atoms with Crippen molar-refractivity contribution in [3.8, 4) is 22.5 Å². The van der Waals surface area contributed by atoms with Crippen LogP contribution in [0.25, 0.3) is 44.5 Å². The number of pyridine rings is 2. The first-order valence-corrected chi connectivity index (χ1v) is 16.6. The fourth-order valence-corrected chi connectivity index (χ4v) is 5.45. The Balaban J connectivity index is 0.000000192. The topological polar surface area (TPSA) is 38.9 Å². The molecule has 3 aromatic heterocycles. The first-order valence-electron chi connectivity index (χ1n) is 13.1. The SMILES string of the molecule is CC(C)c1ccnc(-c2[c-]cc(F)c3c2oc2ccccc23)c1.C[Si](C)(C)c1ccc(-c2[c-]cccc2)nc1.[Ir]. The second kappa shape index (κ2) is 12.4. The van der Waals surface area contributed by atoms with E-state index in [1.807, 2.05) is 66.9 Å². The third kappa shape index (κ3) is 6.31. The number of rotatable bonds is 4. The van der Waals surface area contributed by atoms with Crippen LogP contribution in [0.2, 0.25) is 19.6 Å². The Bertz CT molecular complexity index is 1730. The van der Waals surface area contributed by atoms with E-state index >= 15 is 0 Å². The molecule has 0 N–H and O–H groups in total. The van der Waals surface area contributed by atoms with E-state index in [1.54, 1.807) is 6.20 Å². The predicted octanol–water partition coefficient (Wildman–Crippen LogP) is 8.80. The van der Waals surface area contributed by atoms with E-state index in [4.69, 9.17) is 4.42 Å². The number of furan rings is 1. The molecule has 0 amide bonds. The quantitative estimate of drug-likeness (QED) is 0.135. The normalized spacial score (nSPS) is 11.3. The molecule has 0 saturated heterocycles. The Kier molecular flexibility index (Phi) is 9.14. The van der Waals surface area contributed by atoms with Crippen molar-refractivity contribution in [2.45, 2.75) is 39.4 Å². The number of halogens is 1. The minimum atomic E-state index is -1.23. The first-order chi connectivity index (χ1) is 18.7. The Labute approximate surface area is 249 Å². The van der Waals surface area contributed by atoms with Gasteiger partial charge in [-0.1, -0.05) is 81.0 Å². The van der Waals surface area contributed by atoms with Crippen LogP contribution >= 0.6 is 0 Å². The number of aromatic nitrogens is 2. The summed E-state index contributed by atoms with van der Waals surface area (Å²) in [7, 11) is -1.23. The van der Waals surface area contributed by atoms with Crippen LogP contribution < -0.4 is 5.19 Å². The molecule has 6 heteroatoms. The molecular weight excluding hydrogens is 692 g/mol. The summed E-state index contributed by atoms with van der Waals surface area (Å²) in [6.45, 7) is 11.3. The van der Waals surface area contributed by atoms with Crippen molar-refractivity contribution in [3.05, 3.63) is 115 Å². The van der Waals surface area contributed by atoms with Gasteiger partial charge in [-0.15, -0.1) is 48.0 Å². The minimum Gasteiger partial charge on any atom is -0.500 e. The van der Waals surface area contributed by atoms with Crippen LogP contribution in [0.4, 0.5) is 4.39 Å². The van der Waals surface area contributed by atoms with E-state index in [2.05, 4.69) is 67.7 Å². The Hall–Kier alpha value is -3.44. The summed E-state index contributed by atoms with van der Waals surface area (Å²) in [6, 6.07) is 31.3. The average Bonchev–Trinajstić information content (AvgIpc) is 3.34. The van der Waals surface area contributed by atoms with Crippen molar-refractivity contribution in [3.63, 3.8) is 0 Å². The number of nitrogens with zero attached hydrogens (tertiary/aromatic N) is 2. The van der Waals surface area contributed by atoms with Crippen molar-refractivity contribution >= 4 is 35.2 Å². The molecular formula is C34H31FIrN2OSi-2. The van der Waals surface area contributed by atoms with E-state index in [9.17, 15) is 4.39 Å². The van der Waals surface area contributed by atoms with Crippen molar-refractivity contribution < 1.29 is 28.9 Å². The maximum Gasteiger partial charge on any atom is 0.121 e. The largest absolute Gasteiger partial charge is 0.500 e. The van der Waals surface area contributed by atoms with Gasteiger partial charge in [0.15, 0.2) is 0 Å². The molecule has 0 spiro atoms. The monoisotopic (exact) mass is 723 g/mol. The van der Waals surface area contributed by atoms with Crippen molar-refractivity contribution in [1.29, 1.82) is 0 Å². The van der Waals surface area contributed by atoms with Crippen LogP contribution in [0.3, 0.4) is 0 Å². The molecule has 3 aromatic carbocycles. The van der Waals surface area contributed by atoms with Gasteiger partial charge in [0.05, 0.1) is 13.7 Å². The Morgan fingerprint density at radius 2 is 1.65 bits per heavy atom. The minimum absolute atomic E-state index is 0. The summed E-state index contributed by atoms with van der Waals surface area (Å²) < 4.78 is 20.2. The summed E-state index contributed by atoms with van der Waals surface area (Å²) in [5.41, 5.74) is 5.85. The van der Waals surface area contributed by atoms with Gasteiger partial charge in [0, 0.05) is 43.7 Å². The first kappa shape index (κ1) is 29.5. The van der Waals surface area contributed by atoms with Gasteiger partial charge in [0.25, 0.3) is 0 Å². The molecule has 40 heavy (non-hydrogen) atoms. The van der Waals surface area contributed by atoms with Gasteiger partial charge in [-0.2, -0.15) is 0 Å². The molecule has 0 aliphatic rings. The predicted molar refractivity (Wildman–Crippen MR) is 161 cm³/mol. The van der Waals surface area contributed by atoms with Crippen LogP contribution in [0, 0.1) is 17.9 Å². The summed E-state index contributed by atoms with van der Waals surface area (Å²) >= 11 is 0. The molecule has 0 saturated carbocycles. The molecule has 3 nitrogen and oxygen atoms in total. The Morgan fingerprint density at radius 3 is 2.33 bits per heavy atom. The van der Waals surface area contributed by atoms with E-state index in [-0.39, 0.29) is 25.9 Å². The molecule has 6 rings (SSSR count). The summed E-state index contributed by atoms with van der Waals surface area (Å²) in [5, 5.41) is 2.66. The zero-order valence-electron chi connectivity index (χ0n) is 23.3. The van der Waals surface area contributed by atoms with Crippen LogP contribution in [0.1, 0.15) is 25.3 Å². The van der Waals surface area contributed by atoms with Crippen molar-refractivity contribution in [2.24, 2.45) is 0 Å². The van der Waals surface area contributed by atoms with Crippen molar-refractivity contribution in [2.75, 3.05) is 0 Å². The Morgan fingerprint density at radius 1 is 0.875 bits per heavy atom. The van der Waals surface area contributed by atoms with E-state index < -0.39 is 8.07 Å². The standard InChI is InChI=1S/C20H15FNO.C14H16NSi.Ir/c1-12(2)13-9-10-22-17(11-13)14-7-8-16(21)19-15-5-3-4-6-18(15)23-20(14)19;1-16(2,3)13-9-10-14(15-11-13)12-7-5-4-6-8-12;/h3-6,8-12H,1-2H3;4-7,9-11H,1-3H3;/q2*-1;. The van der Waals surface area contributed by atoms with Crippen molar-refractivity contribution in [1.82, 2.24) is 9.97 Å². The van der Waals surface area contributed by atoms with Gasteiger partial charge in [-0.05, 0) is 40.0 Å². The smallest absolute Gasteiger partial charge is 0.121 e. The van der Waals surface area contributed by atoms with Gasteiger partial charge in [0.2, 0.25) is 0 Å². The molecule has 1 radical (unpaired) electrons. The summed E-state index contributed by atoms with van der Waals surface area (Å²) in [6.07, 6.45) is 3.79. The van der Waals surface area contributed by atoms with E-state index in [1.165, 1.54) is 16.8 Å². The number of fused-ring (bicyclic) bond motifs is 3. The third-order valence-electron chi connectivity index (χ3n) is 6.73. The molecule has 205 valence electrons. The van der Waals surface area contributed by atoms with Crippen LogP contribution in [-0.2, 0) is 20.1 Å². The molecule has 0 aliphatic carbocycles. The van der Waals surface area contributed by atoms with Crippen LogP contribution in [0.15, 0.2) is 95.7 Å². The van der Waals surface area contributed by atoms with Crippen LogP contribution in [0.5, 0.6) is 0 Å². The van der Waals surface area contributed by atoms with Gasteiger partial charge in [-0.25, -0.2) is 0 Å². The van der Waals surface area contributed by atoms with Gasteiger partial charge in [-0.3, -0.25) is 4.39 Å². The molecule has 0 bridgehead atoms. The van der Waals surface area contributed by atoms with Gasteiger partial charge >= 0.3 is 0 Å². The zero-order chi connectivity index (χ0) is 27.6. The number of benzene rings is 3. The second-order valence-electron chi connectivity index (χ2n) is 10.9. The summed E-state index contributed by atoms with van der Waals surface area (Å²) in [4.78, 5) is 8.95. The summed E-state index contributed by atoms with van der Waals surface area (Å²) in [5.74, 6) is 0.0667. The number of hydrogen-bond acceptors (Lipinski definition) is 3. The molecule has 0 atom stereocenters. The number of para-hydroxylation sites is 1. The van der Waals surface area contributed by atoms with Gasteiger partial charge < -0.3 is 14.4 Å². The number of hydrogen-bond donors (Lipinski definition) is 0. The van der Waals surface area contributed by atoms with E-state index in [0.717, 1.165) is 22.3 Å². The fraction of sp³-hybridized carbons (Fsp3) is 0.176. The molecule has 0 fully saturated rings.